The number of hydrogen-bond donors (Lipinski definition) is 1. The Labute approximate surface area is 114 Å². The van der Waals surface area contributed by atoms with E-state index >= 15 is 0 Å². The number of aliphatic carboxylic acids is 1. The number of carboxylic acid groups (broad SMARTS) is 1. The fourth-order valence-electron chi connectivity index (χ4n) is 2.18. The second-order valence-electron chi connectivity index (χ2n) is 4.65. The van der Waals surface area contributed by atoms with E-state index < -0.39 is 11.4 Å². The average molecular weight is 312 g/mol. The molecule has 1 amide bonds. The van der Waals surface area contributed by atoms with Gasteiger partial charge in [-0.15, -0.1) is 0 Å². The molecule has 2 rings (SSSR count). The van der Waals surface area contributed by atoms with Crippen molar-refractivity contribution in [1.29, 1.82) is 0 Å². The van der Waals surface area contributed by atoms with Gasteiger partial charge in [0.15, 0.2) is 0 Å². The number of benzene rings is 1. The molecule has 0 spiro atoms. The predicted molar refractivity (Wildman–Crippen MR) is 70.3 cm³/mol. The number of carbonyl (C=O) groups is 2. The van der Waals surface area contributed by atoms with Crippen LogP contribution in [0, 0.1) is 0 Å². The van der Waals surface area contributed by atoms with E-state index in [4.69, 9.17) is 5.11 Å². The van der Waals surface area contributed by atoms with Crippen molar-refractivity contribution in [2.45, 2.75) is 18.3 Å². The molecule has 0 unspecified atom stereocenters. The third-order valence-corrected chi connectivity index (χ3v) is 3.75. The van der Waals surface area contributed by atoms with Gasteiger partial charge in [-0.05, 0) is 30.5 Å². The molecule has 1 aromatic carbocycles. The lowest BCUT2D eigenvalue weighted by atomic mass is 9.94. The summed E-state index contributed by atoms with van der Waals surface area (Å²) in [5, 5.41) is 8.73. The molecule has 96 valence electrons. The smallest absolute Gasteiger partial charge is 0.323 e. The van der Waals surface area contributed by atoms with Gasteiger partial charge in [-0.25, -0.2) is 0 Å². The SMILES string of the molecule is CN(CC(=O)O)C(=O)C1(c2cccc(Br)c2)CC1. The summed E-state index contributed by atoms with van der Waals surface area (Å²) in [6.45, 7) is -0.255. The normalized spacial score (nSPS) is 16.1. The van der Waals surface area contributed by atoms with Crippen molar-refractivity contribution in [2.24, 2.45) is 0 Å². The van der Waals surface area contributed by atoms with E-state index in [2.05, 4.69) is 15.9 Å². The second kappa shape index (κ2) is 4.72. The molecule has 1 saturated carbocycles. The highest BCUT2D eigenvalue weighted by Gasteiger charge is 2.52. The minimum absolute atomic E-state index is 0.108. The molecule has 0 saturated heterocycles. The molecule has 1 aromatic rings. The molecule has 0 bridgehead atoms. The minimum Gasteiger partial charge on any atom is -0.480 e. The van der Waals surface area contributed by atoms with Gasteiger partial charge in [0.05, 0.1) is 5.41 Å². The molecule has 0 radical (unpaired) electrons. The van der Waals surface area contributed by atoms with Crippen LogP contribution in [-0.2, 0) is 15.0 Å². The third-order valence-electron chi connectivity index (χ3n) is 3.26. The number of halogens is 1. The fraction of sp³-hybridized carbons (Fsp3) is 0.385. The highest BCUT2D eigenvalue weighted by Crippen LogP contribution is 2.49. The largest absolute Gasteiger partial charge is 0.480 e. The zero-order chi connectivity index (χ0) is 13.3. The van der Waals surface area contributed by atoms with Crippen molar-refractivity contribution < 1.29 is 14.7 Å². The van der Waals surface area contributed by atoms with Crippen molar-refractivity contribution in [1.82, 2.24) is 4.90 Å². The fourth-order valence-corrected chi connectivity index (χ4v) is 2.58. The molecular weight excluding hydrogens is 298 g/mol. The number of nitrogens with zero attached hydrogens (tertiary/aromatic N) is 1. The summed E-state index contributed by atoms with van der Waals surface area (Å²) < 4.78 is 0.931. The number of likely N-dealkylation sites (N-methyl/N-ethyl adjacent to an activating group) is 1. The lowest BCUT2D eigenvalue weighted by molar-refractivity contribution is -0.144. The number of hydrogen-bond acceptors (Lipinski definition) is 2. The highest BCUT2D eigenvalue weighted by molar-refractivity contribution is 9.10. The van der Waals surface area contributed by atoms with Gasteiger partial charge in [0, 0.05) is 11.5 Å². The summed E-state index contributed by atoms with van der Waals surface area (Å²) in [5.74, 6) is -1.10. The van der Waals surface area contributed by atoms with Crippen LogP contribution in [0.15, 0.2) is 28.7 Å². The molecule has 5 heteroatoms. The van der Waals surface area contributed by atoms with Crippen LogP contribution in [0.4, 0.5) is 0 Å². The van der Waals surface area contributed by atoms with Crippen molar-refractivity contribution >= 4 is 27.8 Å². The van der Waals surface area contributed by atoms with Gasteiger partial charge in [0.2, 0.25) is 5.91 Å². The summed E-state index contributed by atoms with van der Waals surface area (Å²) in [7, 11) is 1.54. The number of carboxylic acids is 1. The molecular formula is C13H14BrNO3. The Morgan fingerprint density at radius 1 is 1.44 bits per heavy atom. The lowest BCUT2D eigenvalue weighted by Crippen LogP contribution is -2.39. The zero-order valence-electron chi connectivity index (χ0n) is 10.0. The van der Waals surface area contributed by atoms with Gasteiger partial charge in [-0.1, -0.05) is 28.1 Å². The molecule has 0 aromatic heterocycles. The van der Waals surface area contributed by atoms with E-state index in [0.29, 0.717) is 0 Å². The van der Waals surface area contributed by atoms with Crippen LogP contribution in [0.1, 0.15) is 18.4 Å². The van der Waals surface area contributed by atoms with Crippen LogP contribution in [0.5, 0.6) is 0 Å². The van der Waals surface area contributed by atoms with Crippen LogP contribution in [0.2, 0.25) is 0 Å². The van der Waals surface area contributed by atoms with Crippen LogP contribution in [0.3, 0.4) is 0 Å². The minimum atomic E-state index is -0.990. The zero-order valence-corrected chi connectivity index (χ0v) is 11.6. The van der Waals surface area contributed by atoms with Gasteiger partial charge in [0.25, 0.3) is 0 Å². The maximum atomic E-state index is 12.3. The number of carbonyl (C=O) groups excluding carboxylic acids is 1. The molecule has 1 aliphatic rings. The maximum absolute atomic E-state index is 12.3. The van der Waals surface area contributed by atoms with Gasteiger partial charge in [-0.3, -0.25) is 9.59 Å². The lowest BCUT2D eigenvalue weighted by Gasteiger charge is -2.22. The molecule has 1 N–H and O–H groups in total. The van der Waals surface area contributed by atoms with E-state index in [1.54, 1.807) is 0 Å². The van der Waals surface area contributed by atoms with Crippen molar-refractivity contribution in [2.75, 3.05) is 13.6 Å². The Hall–Kier alpha value is -1.36. The van der Waals surface area contributed by atoms with E-state index in [-0.39, 0.29) is 12.5 Å². The summed E-state index contributed by atoms with van der Waals surface area (Å²) in [4.78, 5) is 24.3. The Morgan fingerprint density at radius 2 is 2.11 bits per heavy atom. The van der Waals surface area contributed by atoms with Crippen LogP contribution in [-0.4, -0.2) is 35.5 Å². The topological polar surface area (TPSA) is 57.6 Å². The van der Waals surface area contributed by atoms with Gasteiger partial charge >= 0.3 is 5.97 Å². The monoisotopic (exact) mass is 311 g/mol. The Kier molecular flexibility index (Phi) is 3.43. The first kappa shape index (κ1) is 13.1. The second-order valence-corrected chi connectivity index (χ2v) is 5.56. The van der Waals surface area contributed by atoms with Crippen LogP contribution >= 0.6 is 15.9 Å². The maximum Gasteiger partial charge on any atom is 0.323 e. The molecule has 1 fully saturated rings. The molecule has 4 nitrogen and oxygen atoms in total. The molecule has 0 aliphatic heterocycles. The van der Waals surface area contributed by atoms with Crippen molar-refractivity contribution in [3.63, 3.8) is 0 Å². The van der Waals surface area contributed by atoms with Gasteiger partial charge < -0.3 is 10.0 Å². The van der Waals surface area contributed by atoms with Crippen molar-refractivity contribution in [3.8, 4) is 0 Å². The summed E-state index contributed by atoms with van der Waals surface area (Å²) in [5.41, 5.74) is 0.452. The Morgan fingerprint density at radius 3 is 2.61 bits per heavy atom. The van der Waals surface area contributed by atoms with E-state index in [0.717, 1.165) is 22.9 Å². The molecule has 1 aliphatic carbocycles. The van der Waals surface area contributed by atoms with Gasteiger partial charge in [-0.2, -0.15) is 0 Å². The molecule has 0 atom stereocenters. The summed E-state index contributed by atoms with van der Waals surface area (Å²) in [6.07, 6.45) is 1.57. The van der Waals surface area contributed by atoms with E-state index in [9.17, 15) is 9.59 Å². The third kappa shape index (κ3) is 2.41. The first-order chi connectivity index (χ1) is 8.45. The van der Waals surface area contributed by atoms with Gasteiger partial charge in [0.1, 0.15) is 6.54 Å². The average Bonchev–Trinajstić information content (AvgIpc) is 3.08. The van der Waals surface area contributed by atoms with Crippen molar-refractivity contribution in [3.05, 3.63) is 34.3 Å². The summed E-state index contributed by atoms with van der Waals surface area (Å²) in [6, 6.07) is 7.65. The number of rotatable bonds is 4. The molecule has 0 heterocycles. The first-order valence-corrected chi connectivity index (χ1v) is 6.48. The quantitative estimate of drug-likeness (QED) is 0.925. The van der Waals surface area contributed by atoms with E-state index in [1.165, 1.54) is 11.9 Å². The Bertz CT molecular complexity index is 497. The van der Waals surface area contributed by atoms with E-state index in [1.807, 2.05) is 24.3 Å². The molecule has 18 heavy (non-hydrogen) atoms. The predicted octanol–water partition coefficient (Wildman–Crippen LogP) is 2.02. The van der Waals surface area contributed by atoms with Crippen LogP contribution in [0.25, 0.3) is 0 Å². The Balaban J connectivity index is 2.22. The highest BCUT2D eigenvalue weighted by atomic mass is 79.9. The first-order valence-electron chi connectivity index (χ1n) is 5.69. The summed E-state index contributed by atoms with van der Waals surface area (Å²) >= 11 is 3.39. The number of amides is 1. The van der Waals surface area contributed by atoms with Crippen LogP contribution < -0.4 is 0 Å². The standard InChI is InChI=1S/C13H14BrNO3/c1-15(8-11(16)17)12(18)13(5-6-13)9-3-2-4-10(14)7-9/h2-4,7H,5-6,8H2,1H3,(H,16,17).